The van der Waals surface area contributed by atoms with Crippen LogP contribution in [0.4, 0.5) is 4.39 Å². The van der Waals surface area contributed by atoms with Crippen LogP contribution in [0.1, 0.15) is 31.9 Å². The van der Waals surface area contributed by atoms with Crippen molar-refractivity contribution in [2.24, 2.45) is 0 Å². The zero-order valence-electron chi connectivity index (χ0n) is 6.84. The summed E-state index contributed by atoms with van der Waals surface area (Å²) in [7, 11) is 0. The lowest BCUT2D eigenvalue weighted by Crippen LogP contribution is -1.94. The van der Waals surface area contributed by atoms with Crippen molar-refractivity contribution in [1.29, 1.82) is 0 Å². The first-order valence-electron chi connectivity index (χ1n) is 3.85. The first-order valence-corrected chi connectivity index (χ1v) is 3.85. The van der Waals surface area contributed by atoms with Crippen LogP contribution in [0.15, 0.2) is 18.3 Å². The molecule has 0 N–H and O–H groups in total. The molecule has 0 unspecified atom stereocenters. The fourth-order valence-electron chi connectivity index (χ4n) is 0.888. The third-order valence-corrected chi connectivity index (χ3v) is 1.87. The van der Waals surface area contributed by atoms with Crippen molar-refractivity contribution >= 4 is 0 Å². The number of hydrogen-bond acceptors (Lipinski definition) is 1. The molecular formula is C9H12FN. The van der Waals surface area contributed by atoms with E-state index in [4.69, 9.17) is 0 Å². The summed E-state index contributed by atoms with van der Waals surface area (Å²) in [6.45, 7) is 4.18. The van der Waals surface area contributed by atoms with Crippen LogP contribution in [0.25, 0.3) is 0 Å². The SMILES string of the molecule is CC[C@@H](C)c1ccc(F)cn1. The van der Waals surface area contributed by atoms with Crippen molar-refractivity contribution in [3.63, 3.8) is 0 Å². The van der Waals surface area contributed by atoms with Gasteiger partial charge in [-0.15, -0.1) is 0 Å². The normalized spacial score (nSPS) is 13.0. The van der Waals surface area contributed by atoms with E-state index in [1.807, 2.05) is 0 Å². The first-order chi connectivity index (χ1) is 5.24. The first kappa shape index (κ1) is 8.18. The van der Waals surface area contributed by atoms with Gasteiger partial charge < -0.3 is 0 Å². The largest absolute Gasteiger partial charge is 0.258 e. The van der Waals surface area contributed by atoms with Gasteiger partial charge in [-0.2, -0.15) is 0 Å². The van der Waals surface area contributed by atoms with E-state index in [0.29, 0.717) is 5.92 Å². The Morgan fingerprint density at radius 2 is 2.27 bits per heavy atom. The molecule has 1 heterocycles. The maximum atomic E-state index is 12.4. The van der Waals surface area contributed by atoms with Gasteiger partial charge in [-0.1, -0.05) is 13.8 Å². The molecule has 0 aliphatic heterocycles. The fraction of sp³-hybridized carbons (Fsp3) is 0.444. The molecule has 0 bridgehead atoms. The Morgan fingerprint density at radius 3 is 2.73 bits per heavy atom. The Hall–Kier alpha value is -0.920. The third kappa shape index (κ3) is 2.00. The molecule has 0 spiro atoms. The van der Waals surface area contributed by atoms with Crippen LogP contribution in [0.2, 0.25) is 0 Å². The van der Waals surface area contributed by atoms with E-state index in [-0.39, 0.29) is 5.82 Å². The minimum absolute atomic E-state index is 0.267. The van der Waals surface area contributed by atoms with E-state index in [2.05, 4.69) is 18.8 Å². The highest BCUT2D eigenvalue weighted by Gasteiger charge is 2.02. The predicted octanol–water partition coefficient (Wildman–Crippen LogP) is 2.73. The molecule has 0 aromatic carbocycles. The molecule has 60 valence electrons. The molecule has 1 atom stereocenters. The standard InChI is InChI=1S/C9H12FN/c1-3-7(2)9-5-4-8(10)6-11-9/h4-7H,3H2,1-2H3/t7-/m1/s1. The second-order valence-electron chi connectivity index (χ2n) is 2.71. The topological polar surface area (TPSA) is 12.9 Å². The zero-order valence-corrected chi connectivity index (χ0v) is 6.84. The van der Waals surface area contributed by atoms with Crippen LogP contribution in [0.5, 0.6) is 0 Å². The van der Waals surface area contributed by atoms with Gasteiger partial charge in [0.05, 0.1) is 6.20 Å². The average molecular weight is 153 g/mol. The Kier molecular flexibility index (Phi) is 2.58. The monoisotopic (exact) mass is 153 g/mol. The van der Waals surface area contributed by atoms with Gasteiger partial charge in [0.15, 0.2) is 0 Å². The highest BCUT2D eigenvalue weighted by atomic mass is 19.1. The lowest BCUT2D eigenvalue weighted by molar-refractivity contribution is 0.613. The van der Waals surface area contributed by atoms with Gasteiger partial charge in [0.25, 0.3) is 0 Å². The minimum atomic E-state index is -0.267. The number of halogens is 1. The summed E-state index contributed by atoms with van der Waals surface area (Å²) in [5.74, 6) is 0.160. The molecule has 1 nitrogen and oxygen atoms in total. The molecule has 0 saturated carbocycles. The highest BCUT2D eigenvalue weighted by molar-refractivity contribution is 5.09. The van der Waals surface area contributed by atoms with Crippen molar-refractivity contribution in [2.45, 2.75) is 26.2 Å². The number of nitrogens with zero attached hydrogens (tertiary/aromatic N) is 1. The molecule has 0 aliphatic carbocycles. The van der Waals surface area contributed by atoms with Crippen molar-refractivity contribution in [3.05, 3.63) is 29.8 Å². The van der Waals surface area contributed by atoms with Crippen LogP contribution in [-0.4, -0.2) is 4.98 Å². The van der Waals surface area contributed by atoms with Gasteiger partial charge in [-0.3, -0.25) is 4.98 Å². The molecule has 0 fully saturated rings. The Bertz CT molecular complexity index is 218. The number of aromatic nitrogens is 1. The summed E-state index contributed by atoms with van der Waals surface area (Å²) in [6.07, 6.45) is 2.31. The Balaban J connectivity index is 2.81. The molecule has 0 amide bonds. The van der Waals surface area contributed by atoms with Gasteiger partial charge in [0, 0.05) is 5.69 Å². The number of pyridine rings is 1. The highest BCUT2D eigenvalue weighted by Crippen LogP contribution is 2.15. The predicted molar refractivity (Wildman–Crippen MR) is 42.9 cm³/mol. The quantitative estimate of drug-likeness (QED) is 0.636. The van der Waals surface area contributed by atoms with Gasteiger partial charge in [-0.25, -0.2) is 4.39 Å². The smallest absolute Gasteiger partial charge is 0.141 e. The summed E-state index contributed by atoms with van der Waals surface area (Å²) in [5.41, 5.74) is 0.967. The molecule has 0 radical (unpaired) electrons. The Morgan fingerprint density at radius 1 is 1.55 bits per heavy atom. The molecular weight excluding hydrogens is 141 g/mol. The van der Waals surface area contributed by atoms with Crippen molar-refractivity contribution in [2.75, 3.05) is 0 Å². The Labute approximate surface area is 66.3 Å². The van der Waals surface area contributed by atoms with Crippen LogP contribution in [-0.2, 0) is 0 Å². The van der Waals surface area contributed by atoms with Crippen LogP contribution < -0.4 is 0 Å². The zero-order chi connectivity index (χ0) is 8.27. The summed E-state index contributed by atoms with van der Waals surface area (Å²) < 4.78 is 12.4. The van der Waals surface area contributed by atoms with Crippen LogP contribution in [0.3, 0.4) is 0 Å². The van der Waals surface area contributed by atoms with Gasteiger partial charge in [0.1, 0.15) is 5.82 Å². The summed E-state index contributed by atoms with van der Waals surface area (Å²) in [6, 6.07) is 3.19. The third-order valence-electron chi connectivity index (χ3n) is 1.87. The maximum Gasteiger partial charge on any atom is 0.141 e. The molecule has 1 aromatic rings. The number of hydrogen-bond donors (Lipinski definition) is 0. The van der Waals surface area contributed by atoms with Crippen molar-refractivity contribution < 1.29 is 4.39 Å². The summed E-state index contributed by atoms with van der Waals surface area (Å²) in [5, 5.41) is 0. The van der Waals surface area contributed by atoms with Crippen LogP contribution in [0, 0.1) is 5.82 Å². The van der Waals surface area contributed by atoms with E-state index in [1.165, 1.54) is 12.3 Å². The number of rotatable bonds is 2. The van der Waals surface area contributed by atoms with Gasteiger partial charge in [0.2, 0.25) is 0 Å². The fourth-order valence-corrected chi connectivity index (χ4v) is 0.888. The van der Waals surface area contributed by atoms with Gasteiger partial charge in [-0.05, 0) is 24.5 Å². The molecule has 11 heavy (non-hydrogen) atoms. The molecule has 1 aromatic heterocycles. The second kappa shape index (κ2) is 3.46. The minimum Gasteiger partial charge on any atom is -0.258 e. The van der Waals surface area contributed by atoms with Crippen molar-refractivity contribution in [1.82, 2.24) is 4.98 Å². The second-order valence-corrected chi connectivity index (χ2v) is 2.71. The average Bonchev–Trinajstić information content (AvgIpc) is 2.05. The van der Waals surface area contributed by atoms with E-state index >= 15 is 0 Å². The lowest BCUT2D eigenvalue weighted by atomic mass is 10.1. The molecule has 0 saturated heterocycles. The van der Waals surface area contributed by atoms with E-state index in [9.17, 15) is 4.39 Å². The van der Waals surface area contributed by atoms with Crippen molar-refractivity contribution in [3.8, 4) is 0 Å². The van der Waals surface area contributed by atoms with Gasteiger partial charge >= 0.3 is 0 Å². The summed E-state index contributed by atoms with van der Waals surface area (Å²) in [4.78, 5) is 3.97. The van der Waals surface area contributed by atoms with E-state index in [1.54, 1.807) is 6.07 Å². The maximum absolute atomic E-state index is 12.4. The van der Waals surface area contributed by atoms with E-state index in [0.717, 1.165) is 12.1 Å². The summed E-state index contributed by atoms with van der Waals surface area (Å²) >= 11 is 0. The lowest BCUT2D eigenvalue weighted by Gasteiger charge is -2.05. The molecule has 0 aliphatic rings. The molecule has 2 heteroatoms. The van der Waals surface area contributed by atoms with E-state index < -0.39 is 0 Å². The molecule has 1 rings (SSSR count). The van der Waals surface area contributed by atoms with Crippen LogP contribution >= 0.6 is 0 Å².